The predicted molar refractivity (Wildman–Crippen MR) is 61.7 cm³/mol. The quantitative estimate of drug-likeness (QED) is 0.643. The van der Waals surface area contributed by atoms with Crippen LogP contribution in [0, 0.1) is 0 Å². The van der Waals surface area contributed by atoms with Gasteiger partial charge in [0, 0.05) is 25.7 Å². The first-order chi connectivity index (χ1) is 6.67. The van der Waals surface area contributed by atoms with Crippen molar-refractivity contribution in [1.29, 1.82) is 0 Å². The van der Waals surface area contributed by atoms with Gasteiger partial charge in [0.05, 0.1) is 6.61 Å². The molecule has 0 bridgehead atoms. The highest BCUT2D eigenvalue weighted by atomic mass is 16.5. The van der Waals surface area contributed by atoms with Gasteiger partial charge in [-0.3, -0.25) is 4.90 Å². The molecule has 3 heteroatoms. The van der Waals surface area contributed by atoms with Crippen molar-refractivity contribution in [3.63, 3.8) is 0 Å². The fourth-order valence-corrected chi connectivity index (χ4v) is 1.47. The van der Waals surface area contributed by atoms with Crippen molar-refractivity contribution in [2.45, 2.75) is 39.3 Å². The number of nitrogens with one attached hydrogen (secondary N) is 1. The lowest BCUT2D eigenvalue weighted by Gasteiger charge is -2.32. The molecule has 2 unspecified atom stereocenters. The predicted octanol–water partition coefficient (Wildman–Crippen LogP) is 1.34. The van der Waals surface area contributed by atoms with Crippen LogP contribution in [0.25, 0.3) is 0 Å². The van der Waals surface area contributed by atoms with Crippen molar-refractivity contribution in [2.75, 3.05) is 33.9 Å². The minimum Gasteiger partial charge on any atom is -0.383 e. The molecule has 0 amide bonds. The molecule has 0 rings (SSSR count). The molecule has 0 fully saturated rings. The molecule has 0 aromatic carbocycles. The highest BCUT2D eigenvalue weighted by Gasteiger charge is 2.17. The third-order valence-corrected chi connectivity index (χ3v) is 2.85. The van der Waals surface area contributed by atoms with Crippen molar-refractivity contribution < 1.29 is 4.74 Å². The Labute approximate surface area is 88.8 Å². The van der Waals surface area contributed by atoms with E-state index in [0.29, 0.717) is 12.1 Å². The first-order valence-electron chi connectivity index (χ1n) is 5.58. The SMILES string of the molecule is CCNCC(COC)N(C)C(C)CC. The number of likely N-dealkylation sites (N-methyl/N-ethyl adjacent to an activating group) is 2. The van der Waals surface area contributed by atoms with E-state index in [1.807, 2.05) is 0 Å². The van der Waals surface area contributed by atoms with Gasteiger partial charge >= 0.3 is 0 Å². The molecule has 0 heterocycles. The molecule has 0 aromatic rings. The maximum absolute atomic E-state index is 5.24. The van der Waals surface area contributed by atoms with Crippen molar-refractivity contribution in [1.82, 2.24) is 10.2 Å². The van der Waals surface area contributed by atoms with Gasteiger partial charge in [0.15, 0.2) is 0 Å². The summed E-state index contributed by atoms with van der Waals surface area (Å²) in [6.45, 7) is 9.44. The Balaban J connectivity index is 4.02. The molecule has 0 aliphatic carbocycles. The van der Waals surface area contributed by atoms with Gasteiger partial charge in [0.1, 0.15) is 0 Å². The van der Waals surface area contributed by atoms with Crippen LogP contribution in [-0.2, 0) is 4.74 Å². The smallest absolute Gasteiger partial charge is 0.0630 e. The molecule has 0 aromatic heterocycles. The molecule has 14 heavy (non-hydrogen) atoms. The van der Waals surface area contributed by atoms with Gasteiger partial charge in [0.25, 0.3) is 0 Å². The van der Waals surface area contributed by atoms with Crippen LogP contribution in [0.3, 0.4) is 0 Å². The second-order valence-corrected chi connectivity index (χ2v) is 3.84. The summed E-state index contributed by atoms with van der Waals surface area (Å²) >= 11 is 0. The summed E-state index contributed by atoms with van der Waals surface area (Å²) in [7, 11) is 3.94. The number of hydrogen-bond donors (Lipinski definition) is 1. The Morgan fingerprint density at radius 1 is 1.36 bits per heavy atom. The second-order valence-electron chi connectivity index (χ2n) is 3.84. The van der Waals surface area contributed by atoms with E-state index in [1.165, 1.54) is 6.42 Å². The molecular formula is C11H26N2O. The van der Waals surface area contributed by atoms with Gasteiger partial charge in [0.2, 0.25) is 0 Å². The molecule has 0 saturated carbocycles. The molecule has 86 valence electrons. The molecule has 2 atom stereocenters. The minimum absolute atomic E-state index is 0.481. The van der Waals surface area contributed by atoms with Crippen molar-refractivity contribution in [2.24, 2.45) is 0 Å². The normalized spacial score (nSPS) is 15.9. The Morgan fingerprint density at radius 2 is 2.00 bits per heavy atom. The van der Waals surface area contributed by atoms with E-state index >= 15 is 0 Å². The van der Waals surface area contributed by atoms with E-state index in [2.05, 4.69) is 38.0 Å². The van der Waals surface area contributed by atoms with Crippen molar-refractivity contribution in [3.8, 4) is 0 Å². The maximum atomic E-state index is 5.24. The van der Waals surface area contributed by atoms with Crippen LogP contribution in [0.1, 0.15) is 27.2 Å². The molecular weight excluding hydrogens is 176 g/mol. The molecule has 0 aliphatic heterocycles. The summed E-state index contributed by atoms with van der Waals surface area (Å²) in [4.78, 5) is 2.40. The van der Waals surface area contributed by atoms with E-state index in [-0.39, 0.29) is 0 Å². The van der Waals surface area contributed by atoms with Crippen LogP contribution in [0.4, 0.5) is 0 Å². The lowest BCUT2D eigenvalue weighted by Crippen LogP contribution is -2.46. The topological polar surface area (TPSA) is 24.5 Å². The lowest BCUT2D eigenvalue weighted by molar-refractivity contribution is 0.0829. The third-order valence-electron chi connectivity index (χ3n) is 2.85. The largest absolute Gasteiger partial charge is 0.383 e. The minimum atomic E-state index is 0.481. The standard InChI is InChI=1S/C11H26N2O/c1-6-10(3)13(4)11(9-14-5)8-12-7-2/h10-12H,6-9H2,1-5H3. The van der Waals surface area contributed by atoms with Crippen LogP contribution in [0.2, 0.25) is 0 Å². The summed E-state index contributed by atoms with van der Waals surface area (Å²) < 4.78 is 5.24. The molecule has 0 aliphatic rings. The molecule has 0 saturated heterocycles. The van der Waals surface area contributed by atoms with Crippen LogP contribution < -0.4 is 5.32 Å². The van der Waals surface area contributed by atoms with E-state index in [9.17, 15) is 0 Å². The average Bonchev–Trinajstić information content (AvgIpc) is 2.22. The molecule has 0 radical (unpaired) electrons. The highest BCUT2D eigenvalue weighted by Crippen LogP contribution is 2.05. The Hall–Kier alpha value is -0.120. The maximum Gasteiger partial charge on any atom is 0.0630 e. The fourth-order valence-electron chi connectivity index (χ4n) is 1.47. The lowest BCUT2D eigenvalue weighted by atomic mass is 10.1. The zero-order chi connectivity index (χ0) is 11.0. The summed E-state index contributed by atoms with van der Waals surface area (Å²) in [5.74, 6) is 0. The summed E-state index contributed by atoms with van der Waals surface area (Å²) in [6, 6.07) is 1.10. The Bertz CT molecular complexity index is 130. The van der Waals surface area contributed by atoms with Crippen LogP contribution >= 0.6 is 0 Å². The second kappa shape index (κ2) is 8.21. The van der Waals surface area contributed by atoms with E-state index in [0.717, 1.165) is 19.7 Å². The first-order valence-corrected chi connectivity index (χ1v) is 5.58. The molecule has 1 N–H and O–H groups in total. The number of ether oxygens (including phenoxy) is 1. The zero-order valence-electron chi connectivity index (χ0n) is 10.3. The number of nitrogens with zero attached hydrogens (tertiary/aromatic N) is 1. The van der Waals surface area contributed by atoms with E-state index in [4.69, 9.17) is 4.74 Å². The molecule has 0 spiro atoms. The number of hydrogen-bond acceptors (Lipinski definition) is 3. The number of methoxy groups -OCH3 is 1. The van der Waals surface area contributed by atoms with Gasteiger partial charge in [-0.05, 0) is 26.9 Å². The number of rotatable bonds is 8. The van der Waals surface area contributed by atoms with Gasteiger partial charge in [-0.2, -0.15) is 0 Å². The average molecular weight is 202 g/mol. The van der Waals surface area contributed by atoms with Gasteiger partial charge < -0.3 is 10.1 Å². The fraction of sp³-hybridized carbons (Fsp3) is 1.00. The zero-order valence-corrected chi connectivity index (χ0v) is 10.3. The summed E-state index contributed by atoms with van der Waals surface area (Å²) in [5, 5.41) is 3.37. The van der Waals surface area contributed by atoms with Crippen molar-refractivity contribution >= 4 is 0 Å². The van der Waals surface area contributed by atoms with Gasteiger partial charge in [-0.15, -0.1) is 0 Å². The van der Waals surface area contributed by atoms with Crippen LogP contribution in [0.5, 0.6) is 0 Å². The first kappa shape index (κ1) is 13.9. The van der Waals surface area contributed by atoms with E-state index in [1.54, 1.807) is 7.11 Å². The monoisotopic (exact) mass is 202 g/mol. The van der Waals surface area contributed by atoms with Crippen molar-refractivity contribution in [3.05, 3.63) is 0 Å². The van der Waals surface area contributed by atoms with Gasteiger partial charge in [-0.25, -0.2) is 0 Å². The highest BCUT2D eigenvalue weighted by molar-refractivity contribution is 4.74. The van der Waals surface area contributed by atoms with Crippen LogP contribution in [-0.4, -0.2) is 50.8 Å². The summed E-state index contributed by atoms with van der Waals surface area (Å²) in [5.41, 5.74) is 0. The third kappa shape index (κ3) is 4.94. The molecule has 3 nitrogen and oxygen atoms in total. The van der Waals surface area contributed by atoms with E-state index < -0.39 is 0 Å². The summed E-state index contributed by atoms with van der Waals surface area (Å²) in [6.07, 6.45) is 1.18. The van der Waals surface area contributed by atoms with Crippen LogP contribution in [0.15, 0.2) is 0 Å². The van der Waals surface area contributed by atoms with Gasteiger partial charge in [-0.1, -0.05) is 13.8 Å². The Kier molecular flexibility index (Phi) is 8.14. The Morgan fingerprint density at radius 3 is 2.43 bits per heavy atom.